The van der Waals surface area contributed by atoms with Crippen molar-refractivity contribution in [3.05, 3.63) is 137 Å². The van der Waals surface area contributed by atoms with Crippen molar-refractivity contribution in [1.29, 1.82) is 0 Å². The SMILES string of the molecule is CC(C)(C)c1ccc2c(c1)Cc1c-2ccc(C(C)(C)C)[c]1[Hf](=[C](c1ccc([Si](C)(C)C)cc1)c1ccc([Si](C)(C)C)cc1)[CH]1C=CC=C1. The number of fused-ring (bicyclic) bond motifs is 3. The summed E-state index contributed by atoms with van der Waals surface area (Å²) in [6.45, 7) is 29.1. The molecule has 6 rings (SSSR count). The Hall–Kier alpha value is -2.47. The maximum atomic E-state index is 2.54. The van der Waals surface area contributed by atoms with Gasteiger partial charge in [-0.15, -0.1) is 0 Å². The monoisotopic (exact) mass is 832 g/mol. The molecule has 0 aromatic heterocycles. The van der Waals surface area contributed by atoms with E-state index in [-0.39, 0.29) is 10.8 Å². The summed E-state index contributed by atoms with van der Waals surface area (Å²) in [5, 5.41) is 3.07. The Morgan fingerprint density at radius 3 is 1.56 bits per heavy atom. The van der Waals surface area contributed by atoms with Gasteiger partial charge in [0.05, 0.1) is 0 Å². The van der Waals surface area contributed by atoms with Crippen LogP contribution in [0.1, 0.15) is 74.9 Å². The van der Waals surface area contributed by atoms with Crippen molar-refractivity contribution in [1.82, 2.24) is 0 Å². The molecule has 0 saturated carbocycles. The summed E-state index contributed by atoms with van der Waals surface area (Å²) >= 11 is -3.04. The van der Waals surface area contributed by atoms with Crippen molar-refractivity contribution < 1.29 is 21.0 Å². The van der Waals surface area contributed by atoms with Crippen molar-refractivity contribution in [2.24, 2.45) is 0 Å². The fourth-order valence-electron chi connectivity index (χ4n) is 7.51. The van der Waals surface area contributed by atoms with E-state index in [4.69, 9.17) is 0 Å². The van der Waals surface area contributed by atoms with Gasteiger partial charge in [-0.1, -0.05) is 0 Å². The molecular weight excluding hydrogens is 775 g/mol. The molecule has 0 spiro atoms. The molecule has 0 saturated heterocycles. The molecule has 4 aromatic rings. The van der Waals surface area contributed by atoms with Crippen LogP contribution in [-0.2, 0) is 38.2 Å². The van der Waals surface area contributed by atoms with E-state index in [1.54, 1.807) is 17.7 Å². The Morgan fingerprint density at radius 1 is 0.604 bits per heavy atom. The summed E-state index contributed by atoms with van der Waals surface area (Å²) in [5.41, 5.74) is 12.1. The van der Waals surface area contributed by atoms with E-state index in [0.717, 1.165) is 6.42 Å². The van der Waals surface area contributed by atoms with E-state index < -0.39 is 37.1 Å². The minimum absolute atomic E-state index is 0.0478. The van der Waals surface area contributed by atoms with Crippen LogP contribution in [0.4, 0.5) is 0 Å². The Morgan fingerprint density at radius 2 is 1.10 bits per heavy atom. The summed E-state index contributed by atoms with van der Waals surface area (Å²) < 4.78 is 3.90. The van der Waals surface area contributed by atoms with Gasteiger partial charge in [0, 0.05) is 0 Å². The molecule has 0 amide bonds. The van der Waals surface area contributed by atoms with Crippen molar-refractivity contribution in [3.8, 4) is 11.1 Å². The van der Waals surface area contributed by atoms with Crippen LogP contribution < -0.4 is 13.7 Å². The molecule has 48 heavy (non-hydrogen) atoms. The second-order valence-corrected chi connectivity index (χ2v) is 37.4. The summed E-state index contributed by atoms with van der Waals surface area (Å²) in [5.74, 6) is 0. The molecule has 0 atom stereocenters. The van der Waals surface area contributed by atoms with Crippen LogP contribution in [0, 0.1) is 0 Å². The van der Waals surface area contributed by atoms with Crippen molar-refractivity contribution in [2.45, 2.75) is 102 Å². The summed E-state index contributed by atoms with van der Waals surface area (Å²) in [7, 11) is -2.85. The van der Waals surface area contributed by atoms with Crippen LogP contribution in [0.15, 0.2) is 103 Å². The first-order chi connectivity index (χ1) is 22.3. The maximum absolute atomic E-state index is 3.04. The quantitative estimate of drug-likeness (QED) is 0.150. The Balaban J connectivity index is 1.71. The molecular formula is C45H56HfSi2. The molecule has 3 heteroatoms. The van der Waals surface area contributed by atoms with Crippen molar-refractivity contribution >= 4 is 33.1 Å². The molecule has 248 valence electrons. The third-order valence-electron chi connectivity index (χ3n) is 10.4. The van der Waals surface area contributed by atoms with Gasteiger partial charge < -0.3 is 0 Å². The summed E-state index contributed by atoms with van der Waals surface area (Å²) in [6, 6.07) is 32.1. The summed E-state index contributed by atoms with van der Waals surface area (Å²) in [6.07, 6.45) is 10.8. The molecule has 0 aliphatic heterocycles. The first-order valence-electron chi connectivity index (χ1n) is 18.0. The summed E-state index contributed by atoms with van der Waals surface area (Å²) in [4.78, 5) is 0. The third-order valence-corrected chi connectivity index (χ3v) is 26.4. The van der Waals surface area contributed by atoms with Gasteiger partial charge in [-0.2, -0.15) is 0 Å². The Kier molecular flexibility index (Phi) is 9.35. The number of allylic oxidation sites excluding steroid dienone is 4. The van der Waals surface area contributed by atoms with Crippen LogP contribution >= 0.6 is 0 Å². The van der Waals surface area contributed by atoms with Gasteiger partial charge in [-0.25, -0.2) is 0 Å². The number of benzene rings is 4. The standard InChI is InChI=1S/C21H25.C19H26Si2.C5H5.Hf/c1-20(2,3)16-7-9-18-14(12-16)11-15-13-17(21(4,5)6)8-10-19(15)18;1-20(2,3)18-11-7-16(8-12-18)15-17-9-13-19(14-10-17)21(4,5)6;1-2-4-5-3-1;/h7-10,12H,11H2,1-6H3;7-14H,1-6H3;1-5H;. The molecule has 0 nitrogen and oxygen atoms in total. The van der Waals surface area contributed by atoms with Gasteiger partial charge in [0.25, 0.3) is 0 Å². The zero-order valence-corrected chi connectivity index (χ0v) is 37.2. The zero-order valence-electron chi connectivity index (χ0n) is 31.6. The van der Waals surface area contributed by atoms with E-state index in [0.29, 0.717) is 3.67 Å². The molecule has 0 heterocycles. The van der Waals surface area contributed by atoms with Crippen LogP contribution in [0.25, 0.3) is 11.1 Å². The van der Waals surface area contributed by atoms with Gasteiger partial charge in [0.1, 0.15) is 0 Å². The van der Waals surface area contributed by atoms with E-state index in [2.05, 4.69) is 184 Å². The van der Waals surface area contributed by atoms with Gasteiger partial charge >= 0.3 is 303 Å². The molecule has 2 aliphatic carbocycles. The van der Waals surface area contributed by atoms with E-state index >= 15 is 0 Å². The number of rotatable bonds is 6. The number of hydrogen-bond donors (Lipinski definition) is 0. The molecule has 0 bridgehead atoms. The Bertz CT molecular complexity index is 1870. The van der Waals surface area contributed by atoms with Gasteiger partial charge in [-0.05, 0) is 0 Å². The van der Waals surface area contributed by atoms with Crippen LogP contribution in [0.5, 0.6) is 0 Å². The van der Waals surface area contributed by atoms with Crippen LogP contribution in [0.2, 0.25) is 43.0 Å². The van der Waals surface area contributed by atoms with E-state index in [1.165, 1.54) is 43.8 Å². The van der Waals surface area contributed by atoms with Crippen LogP contribution in [-0.4, -0.2) is 19.4 Å². The fourth-order valence-corrected chi connectivity index (χ4v) is 23.4. The van der Waals surface area contributed by atoms with Gasteiger partial charge in [-0.3, -0.25) is 0 Å². The number of hydrogen-bond acceptors (Lipinski definition) is 0. The molecule has 2 aliphatic rings. The molecule has 0 N–H and O–H groups in total. The van der Waals surface area contributed by atoms with Gasteiger partial charge in [0.2, 0.25) is 0 Å². The van der Waals surface area contributed by atoms with Crippen molar-refractivity contribution in [2.75, 3.05) is 0 Å². The first-order valence-corrected chi connectivity index (χ1v) is 30.6. The second kappa shape index (κ2) is 12.7. The fraction of sp³-hybridized carbons (Fsp3) is 0.356. The third kappa shape index (κ3) is 6.94. The predicted molar refractivity (Wildman–Crippen MR) is 216 cm³/mol. The average Bonchev–Trinajstić information content (AvgIpc) is 3.66. The normalized spacial score (nSPS) is 14.8. The molecule has 0 radical (unpaired) electrons. The molecule has 0 unspecified atom stereocenters. The van der Waals surface area contributed by atoms with Crippen molar-refractivity contribution in [3.63, 3.8) is 0 Å². The topological polar surface area (TPSA) is 0 Å². The molecule has 0 fully saturated rings. The predicted octanol–water partition coefficient (Wildman–Crippen LogP) is 10.4. The van der Waals surface area contributed by atoms with E-state index in [9.17, 15) is 0 Å². The van der Waals surface area contributed by atoms with Crippen LogP contribution in [0.3, 0.4) is 0 Å². The Labute approximate surface area is 301 Å². The average molecular weight is 832 g/mol. The zero-order chi connectivity index (χ0) is 34.8. The minimum atomic E-state index is -3.04. The van der Waals surface area contributed by atoms with E-state index in [1.807, 2.05) is 0 Å². The molecule has 4 aromatic carbocycles. The first kappa shape index (κ1) is 35.4. The van der Waals surface area contributed by atoms with Gasteiger partial charge in [0.15, 0.2) is 0 Å². The second-order valence-electron chi connectivity index (χ2n) is 18.3.